The van der Waals surface area contributed by atoms with Crippen LogP contribution in [0.2, 0.25) is 0 Å². The normalized spacial score (nSPS) is 11.8. The summed E-state index contributed by atoms with van der Waals surface area (Å²) in [5.74, 6) is 2.42. The third-order valence-corrected chi connectivity index (χ3v) is 5.21. The zero-order valence-electron chi connectivity index (χ0n) is 18.6. The van der Waals surface area contributed by atoms with E-state index in [1.54, 1.807) is 36.1 Å². The summed E-state index contributed by atoms with van der Waals surface area (Å²) in [4.78, 5) is 17.1. The molecule has 0 aliphatic carbocycles. The summed E-state index contributed by atoms with van der Waals surface area (Å²) in [5.41, 5.74) is 2.75. The third kappa shape index (κ3) is 4.23. The second kappa shape index (κ2) is 9.14. The van der Waals surface area contributed by atoms with Crippen molar-refractivity contribution in [1.82, 2.24) is 14.8 Å². The van der Waals surface area contributed by atoms with Gasteiger partial charge in [-0.1, -0.05) is 0 Å². The molecule has 1 N–H and O–H groups in total. The number of rotatable bonds is 7. The minimum Gasteiger partial charge on any atom is -0.497 e. The molecule has 9 heteroatoms. The van der Waals surface area contributed by atoms with Gasteiger partial charge in [-0.3, -0.25) is 4.79 Å². The summed E-state index contributed by atoms with van der Waals surface area (Å²) >= 11 is 0. The number of hydrogen-bond acceptors (Lipinski definition) is 7. The molecule has 1 aromatic heterocycles. The van der Waals surface area contributed by atoms with Gasteiger partial charge in [0.05, 0.1) is 19.4 Å². The average molecular weight is 458 g/mol. The summed E-state index contributed by atoms with van der Waals surface area (Å²) in [7, 11) is 1.58. The van der Waals surface area contributed by atoms with Gasteiger partial charge in [-0.05, 0) is 73.7 Å². The standard InChI is InChI=1S/C25H22N4O5/c1-3-32-25-27-23(17-6-13-21-22(14-17)34-15-33-21)29(28-25)19-9-7-18(8-10-19)26-24(30)16-4-11-20(31-2)12-5-16/h4-14H,3,15H2,1-2H3,(H,26,30). The SMILES string of the molecule is CCOc1nc(-c2ccc3c(c2)OCO3)n(-c2ccc(NC(=O)c3ccc(OC)cc3)cc2)n1. The molecular weight excluding hydrogens is 436 g/mol. The van der Waals surface area contributed by atoms with E-state index in [9.17, 15) is 4.79 Å². The van der Waals surface area contributed by atoms with Gasteiger partial charge in [-0.15, -0.1) is 5.10 Å². The Morgan fingerprint density at radius 1 is 1.03 bits per heavy atom. The molecule has 1 amide bonds. The van der Waals surface area contributed by atoms with Gasteiger partial charge >= 0.3 is 6.01 Å². The fourth-order valence-corrected chi connectivity index (χ4v) is 3.52. The first-order chi connectivity index (χ1) is 16.6. The van der Waals surface area contributed by atoms with Crippen LogP contribution in [0.15, 0.2) is 66.7 Å². The van der Waals surface area contributed by atoms with Crippen LogP contribution >= 0.6 is 0 Å². The molecule has 9 nitrogen and oxygen atoms in total. The van der Waals surface area contributed by atoms with Gasteiger partial charge < -0.3 is 24.3 Å². The van der Waals surface area contributed by atoms with Crippen molar-refractivity contribution in [3.63, 3.8) is 0 Å². The monoisotopic (exact) mass is 458 g/mol. The van der Waals surface area contributed by atoms with Crippen molar-refractivity contribution in [2.24, 2.45) is 0 Å². The minimum absolute atomic E-state index is 0.194. The third-order valence-electron chi connectivity index (χ3n) is 5.21. The van der Waals surface area contributed by atoms with E-state index in [0.717, 1.165) is 11.3 Å². The Bertz CT molecular complexity index is 1320. The molecule has 5 rings (SSSR count). The van der Waals surface area contributed by atoms with Crippen LogP contribution < -0.4 is 24.3 Å². The first kappa shape index (κ1) is 21.3. The number of hydrogen-bond donors (Lipinski definition) is 1. The van der Waals surface area contributed by atoms with E-state index in [1.807, 2.05) is 49.4 Å². The number of carbonyl (C=O) groups excluding carboxylic acids is 1. The maximum atomic E-state index is 12.6. The summed E-state index contributed by atoms with van der Waals surface area (Å²) in [5, 5.41) is 7.40. The van der Waals surface area contributed by atoms with Gasteiger partial charge in [0.1, 0.15) is 5.75 Å². The smallest absolute Gasteiger partial charge is 0.336 e. The molecule has 4 aromatic rings. The van der Waals surface area contributed by atoms with Gasteiger partial charge in [-0.25, -0.2) is 4.68 Å². The predicted molar refractivity (Wildman–Crippen MR) is 125 cm³/mol. The van der Waals surface area contributed by atoms with Crippen molar-refractivity contribution in [2.75, 3.05) is 25.8 Å². The molecule has 0 fully saturated rings. The quantitative estimate of drug-likeness (QED) is 0.440. The van der Waals surface area contributed by atoms with Crippen LogP contribution in [0.25, 0.3) is 17.1 Å². The van der Waals surface area contributed by atoms with E-state index in [1.165, 1.54) is 0 Å². The summed E-state index contributed by atoms with van der Waals surface area (Å²) in [6, 6.07) is 20.1. The number of nitrogens with zero attached hydrogens (tertiary/aromatic N) is 3. The largest absolute Gasteiger partial charge is 0.497 e. The number of nitrogens with one attached hydrogen (secondary N) is 1. The lowest BCUT2D eigenvalue weighted by molar-refractivity contribution is 0.102. The Hall–Kier alpha value is -4.53. The maximum absolute atomic E-state index is 12.6. The van der Waals surface area contributed by atoms with Gasteiger partial charge in [0.2, 0.25) is 6.79 Å². The molecule has 0 unspecified atom stereocenters. The Balaban J connectivity index is 1.40. The number of benzene rings is 3. The van der Waals surface area contributed by atoms with Crippen LogP contribution in [0.1, 0.15) is 17.3 Å². The predicted octanol–water partition coefficient (Wildman–Crippen LogP) is 4.32. The van der Waals surface area contributed by atoms with E-state index in [4.69, 9.17) is 18.9 Å². The molecule has 3 aromatic carbocycles. The second-order valence-electron chi connectivity index (χ2n) is 7.36. The maximum Gasteiger partial charge on any atom is 0.336 e. The van der Waals surface area contributed by atoms with Crippen LogP contribution in [0.5, 0.6) is 23.3 Å². The van der Waals surface area contributed by atoms with E-state index in [-0.39, 0.29) is 18.7 Å². The number of amides is 1. The highest BCUT2D eigenvalue weighted by atomic mass is 16.7. The number of ether oxygens (including phenoxy) is 4. The van der Waals surface area contributed by atoms with Crippen molar-refractivity contribution in [3.05, 3.63) is 72.3 Å². The van der Waals surface area contributed by atoms with Crippen molar-refractivity contribution in [1.29, 1.82) is 0 Å². The van der Waals surface area contributed by atoms with Gasteiger partial charge in [0.15, 0.2) is 17.3 Å². The van der Waals surface area contributed by atoms with Crippen molar-refractivity contribution >= 4 is 11.6 Å². The van der Waals surface area contributed by atoms with Crippen LogP contribution in [0.3, 0.4) is 0 Å². The van der Waals surface area contributed by atoms with Crippen LogP contribution in [0.4, 0.5) is 5.69 Å². The number of aromatic nitrogens is 3. The molecule has 0 radical (unpaired) electrons. The van der Waals surface area contributed by atoms with Crippen LogP contribution in [-0.2, 0) is 0 Å². The van der Waals surface area contributed by atoms with E-state index in [0.29, 0.717) is 40.9 Å². The highest BCUT2D eigenvalue weighted by Gasteiger charge is 2.19. The molecule has 2 heterocycles. The van der Waals surface area contributed by atoms with Crippen molar-refractivity contribution < 1.29 is 23.7 Å². The average Bonchev–Trinajstić information content (AvgIpc) is 3.51. The molecule has 1 aliphatic rings. The number of carbonyl (C=O) groups is 1. The van der Waals surface area contributed by atoms with Crippen molar-refractivity contribution in [3.8, 4) is 40.3 Å². The summed E-state index contributed by atoms with van der Waals surface area (Å²) in [6.45, 7) is 2.52. The van der Waals surface area contributed by atoms with Crippen LogP contribution in [0, 0.1) is 0 Å². The lowest BCUT2D eigenvalue weighted by Crippen LogP contribution is -2.11. The molecular formula is C25H22N4O5. The zero-order valence-corrected chi connectivity index (χ0v) is 18.6. The molecule has 0 saturated carbocycles. The summed E-state index contributed by atoms with van der Waals surface area (Å²) < 4.78 is 23.3. The highest BCUT2D eigenvalue weighted by molar-refractivity contribution is 6.04. The number of anilines is 1. The molecule has 34 heavy (non-hydrogen) atoms. The summed E-state index contributed by atoms with van der Waals surface area (Å²) in [6.07, 6.45) is 0. The Kier molecular flexibility index (Phi) is 5.73. The fourth-order valence-electron chi connectivity index (χ4n) is 3.52. The first-order valence-corrected chi connectivity index (χ1v) is 10.7. The lowest BCUT2D eigenvalue weighted by atomic mass is 10.2. The fraction of sp³-hybridized carbons (Fsp3) is 0.160. The Morgan fingerprint density at radius 3 is 2.53 bits per heavy atom. The van der Waals surface area contributed by atoms with E-state index in [2.05, 4.69) is 15.4 Å². The molecule has 0 bridgehead atoms. The molecule has 0 spiro atoms. The lowest BCUT2D eigenvalue weighted by Gasteiger charge is -2.09. The highest BCUT2D eigenvalue weighted by Crippen LogP contribution is 2.36. The first-order valence-electron chi connectivity index (χ1n) is 10.7. The molecule has 1 aliphatic heterocycles. The van der Waals surface area contributed by atoms with Gasteiger partial charge in [-0.2, -0.15) is 4.98 Å². The molecule has 172 valence electrons. The van der Waals surface area contributed by atoms with Crippen molar-refractivity contribution in [2.45, 2.75) is 6.92 Å². The second-order valence-corrected chi connectivity index (χ2v) is 7.36. The number of methoxy groups -OCH3 is 1. The number of fused-ring (bicyclic) bond motifs is 1. The minimum atomic E-state index is -0.212. The van der Waals surface area contributed by atoms with E-state index >= 15 is 0 Å². The van der Waals surface area contributed by atoms with Gasteiger partial charge in [0.25, 0.3) is 5.91 Å². The topological polar surface area (TPSA) is 96.7 Å². The molecule has 0 saturated heterocycles. The van der Waals surface area contributed by atoms with E-state index < -0.39 is 0 Å². The Labute approximate surface area is 195 Å². The zero-order chi connectivity index (χ0) is 23.5. The molecule has 0 atom stereocenters. The van der Waals surface area contributed by atoms with Crippen LogP contribution in [-0.4, -0.2) is 41.2 Å². The Morgan fingerprint density at radius 2 is 1.79 bits per heavy atom. The van der Waals surface area contributed by atoms with Gasteiger partial charge in [0, 0.05) is 16.8 Å².